The molecule has 3 N–H and O–H groups in total. The predicted octanol–water partition coefficient (Wildman–Crippen LogP) is 1.10. The second-order valence-corrected chi connectivity index (χ2v) is 5.95. The van der Waals surface area contributed by atoms with Gasteiger partial charge in [0.2, 0.25) is 5.95 Å². The zero-order valence-electron chi connectivity index (χ0n) is 11.1. The quantitative estimate of drug-likeness (QED) is 0.856. The average Bonchev–Trinajstić information content (AvgIpc) is 2.85. The third-order valence-corrected chi connectivity index (χ3v) is 4.24. The van der Waals surface area contributed by atoms with E-state index in [1.807, 2.05) is 0 Å². The van der Waals surface area contributed by atoms with Crippen LogP contribution >= 0.6 is 11.3 Å². The van der Waals surface area contributed by atoms with Gasteiger partial charge in [0.05, 0.1) is 5.51 Å². The number of rotatable bonds is 2. The number of hydrogen-bond acceptors (Lipinski definition) is 7. The second kappa shape index (κ2) is 4.90. The lowest BCUT2D eigenvalue weighted by atomic mass is 10.0. The molecule has 0 bridgehead atoms. The molecule has 0 aromatic carbocycles. The van der Waals surface area contributed by atoms with Crippen LogP contribution in [0.15, 0.2) is 5.51 Å². The summed E-state index contributed by atoms with van der Waals surface area (Å²) in [5, 5.41) is 3.44. The third kappa shape index (κ3) is 2.23. The van der Waals surface area contributed by atoms with Crippen molar-refractivity contribution in [3.05, 3.63) is 5.51 Å². The summed E-state index contributed by atoms with van der Waals surface area (Å²) in [6.07, 6.45) is 0. The van der Waals surface area contributed by atoms with Crippen molar-refractivity contribution < 1.29 is 0 Å². The minimum Gasteiger partial charge on any atom is -0.368 e. The minimum atomic E-state index is 0.327. The van der Waals surface area contributed by atoms with Gasteiger partial charge in [-0.1, -0.05) is 13.8 Å². The molecule has 2 aromatic heterocycles. The summed E-state index contributed by atoms with van der Waals surface area (Å²) in [5.74, 6) is 1.74. The highest BCUT2D eigenvalue weighted by Gasteiger charge is 2.28. The van der Waals surface area contributed by atoms with Crippen molar-refractivity contribution in [1.29, 1.82) is 0 Å². The number of nitrogens with zero attached hydrogens (tertiary/aromatic N) is 4. The fraction of sp³-hybridized carbons (Fsp3) is 0.583. The van der Waals surface area contributed by atoms with Gasteiger partial charge in [0.15, 0.2) is 10.6 Å². The molecule has 3 rings (SSSR count). The first-order valence-electron chi connectivity index (χ1n) is 6.51. The van der Waals surface area contributed by atoms with Crippen LogP contribution in [0.25, 0.3) is 10.3 Å². The van der Waals surface area contributed by atoms with E-state index in [1.54, 1.807) is 5.51 Å². The Bertz CT molecular complexity index is 581. The molecule has 3 heterocycles. The summed E-state index contributed by atoms with van der Waals surface area (Å²) in [6.45, 7) is 7.30. The zero-order valence-corrected chi connectivity index (χ0v) is 11.9. The summed E-state index contributed by atoms with van der Waals surface area (Å²) >= 11 is 1.50. The molecule has 6 nitrogen and oxygen atoms in total. The molecule has 19 heavy (non-hydrogen) atoms. The monoisotopic (exact) mass is 278 g/mol. The van der Waals surface area contributed by atoms with E-state index in [1.165, 1.54) is 11.3 Å². The van der Waals surface area contributed by atoms with Gasteiger partial charge >= 0.3 is 0 Å². The van der Waals surface area contributed by atoms with Crippen molar-refractivity contribution in [2.24, 2.45) is 5.92 Å². The maximum absolute atomic E-state index is 5.83. The van der Waals surface area contributed by atoms with Crippen molar-refractivity contribution in [2.45, 2.75) is 19.9 Å². The average molecular weight is 278 g/mol. The highest BCUT2D eigenvalue weighted by atomic mass is 32.1. The van der Waals surface area contributed by atoms with E-state index in [2.05, 4.69) is 39.0 Å². The number of piperazine rings is 1. The highest BCUT2D eigenvalue weighted by Crippen LogP contribution is 2.29. The molecule has 7 heteroatoms. The molecular formula is C12H18N6S. The predicted molar refractivity (Wildman–Crippen MR) is 78.5 cm³/mol. The molecule has 2 aromatic rings. The highest BCUT2D eigenvalue weighted by molar-refractivity contribution is 7.16. The van der Waals surface area contributed by atoms with Crippen molar-refractivity contribution in [3.8, 4) is 0 Å². The van der Waals surface area contributed by atoms with Gasteiger partial charge in [-0.05, 0) is 5.92 Å². The fourth-order valence-electron chi connectivity index (χ4n) is 2.55. The Morgan fingerprint density at radius 3 is 3.11 bits per heavy atom. The van der Waals surface area contributed by atoms with Crippen molar-refractivity contribution in [2.75, 3.05) is 30.3 Å². The van der Waals surface area contributed by atoms with Gasteiger partial charge in [0.1, 0.15) is 5.52 Å². The van der Waals surface area contributed by atoms with Crippen LogP contribution in [-0.2, 0) is 0 Å². The van der Waals surface area contributed by atoms with E-state index in [0.29, 0.717) is 17.9 Å². The lowest BCUT2D eigenvalue weighted by molar-refractivity contribution is 0.389. The normalized spacial score (nSPS) is 20.4. The number of nitrogens with one attached hydrogen (secondary N) is 1. The zero-order chi connectivity index (χ0) is 13.4. The Labute approximate surface area is 116 Å². The van der Waals surface area contributed by atoms with Gasteiger partial charge in [-0.2, -0.15) is 4.98 Å². The van der Waals surface area contributed by atoms with Crippen LogP contribution in [0.1, 0.15) is 13.8 Å². The largest absolute Gasteiger partial charge is 0.368 e. The molecule has 0 aliphatic carbocycles. The van der Waals surface area contributed by atoms with Gasteiger partial charge in [0.25, 0.3) is 0 Å². The number of aromatic nitrogens is 3. The summed E-state index contributed by atoms with van der Waals surface area (Å²) in [5.41, 5.74) is 8.49. The Hall–Kier alpha value is -1.47. The molecule has 0 spiro atoms. The molecule has 1 atom stereocenters. The van der Waals surface area contributed by atoms with Crippen LogP contribution in [0.3, 0.4) is 0 Å². The van der Waals surface area contributed by atoms with E-state index >= 15 is 0 Å². The van der Waals surface area contributed by atoms with E-state index in [-0.39, 0.29) is 0 Å². The van der Waals surface area contributed by atoms with Crippen LogP contribution in [0.2, 0.25) is 0 Å². The number of fused-ring (bicyclic) bond motifs is 1. The maximum atomic E-state index is 5.83. The van der Waals surface area contributed by atoms with Gasteiger partial charge in [-0.25, -0.2) is 9.97 Å². The Kier molecular flexibility index (Phi) is 3.24. The first-order valence-corrected chi connectivity index (χ1v) is 7.39. The number of nitrogen functional groups attached to an aromatic ring is 1. The molecule has 0 radical (unpaired) electrons. The Morgan fingerprint density at radius 1 is 1.47 bits per heavy atom. The standard InChI is InChI=1S/C12H18N6S/c1-7(2)8-5-14-3-4-18(8)10-9-11(19-6-15-9)17-12(13)16-10/h6-8,14H,3-5H2,1-2H3,(H2,13,16,17)/t8-/m1/s1. The van der Waals surface area contributed by atoms with Crippen LogP contribution in [0, 0.1) is 5.92 Å². The number of nitrogens with two attached hydrogens (primary N) is 1. The number of anilines is 2. The summed E-state index contributed by atoms with van der Waals surface area (Å²) in [6, 6.07) is 0.410. The van der Waals surface area contributed by atoms with E-state index in [4.69, 9.17) is 5.73 Å². The smallest absolute Gasteiger partial charge is 0.223 e. The number of thiazole rings is 1. The van der Waals surface area contributed by atoms with E-state index in [0.717, 1.165) is 35.8 Å². The van der Waals surface area contributed by atoms with Crippen LogP contribution in [-0.4, -0.2) is 40.6 Å². The van der Waals surface area contributed by atoms with Gasteiger partial charge in [-0.3, -0.25) is 0 Å². The minimum absolute atomic E-state index is 0.327. The summed E-state index contributed by atoms with van der Waals surface area (Å²) in [4.78, 5) is 16.3. The van der Waals surface area contributed by atoms with E-state index in [9.17, 15) is 0 Å². The van der Waals surface area contributed by atoms with E-state index < -0.39 is 0 Å². The second-order valence-electron chi connectivity index (χ2n) is 5.12. The molecule has 0 amide bonds. The first-order chi connectivity index (χ1) is 9.16. The van der Waals surface area contributed by atoms with Gasteiger partial charge < -0.3 is 16.0 Å². The van der Waals surface area contributed by atoms with Gasteiger partial charge in [0, 0.05) is 25.7 Å². The van der Waals surface area contributed by atoms with Crippen LogP contribution in [0.4, 0.5) is 11.8 Å². The van der Waals surface area contributed by atoms with Crippen molar-refractivity contribution in [3.63, 3.8) is 0 Å². The van der Waals surface area contributed by atoms with Crippen molar-refractivity contribution in [1.82, 2.24) is 20.3 Å². The summed E-state index contributed by atoms with van der Waals surface area (Å²) < 4.78 is 0. The maximum Gasteiger partial charge on any atom is 0.223 e. The molecule has 1 saturated heterocycles. The topological polar surface area (TPSA) is 80.0 Å². The van der Waals surface area contributed by atoms with Crippen LogP contribution in [0.5, 0.6) is 0 Å². The Morgan fingerprint density at radius 2 is 2.32 bits per heavy atom. The lowest BCUT2D eigenvalue weighted by Crippen LogP contribution is -2.54. The fourth-order valence-corrected chi connectivity index (χ4v) is 3.21. The van der Waals surface area contributed by atoms with Crippen molar-refractivity contribution >= 4 is 33.5 Å². The molecule has 1 aliphatic heterocycles. The molecule has 102 valence electrons. The first kappa shape index (κ1) is 12.6. The molecule has 0 unspecified atom stereocenters. The van der Waals surface area contributed by atoms with Crippen LogP contribution < -0.4 is 16.0 Å². The third-order valence-electron chi connectivity index (χ3n) is 3.52. The summed E-state index contributed by atoms with van der Waals surface area (Å²) in [7, 11) is 0. The Balaban J connectivity index is 2.08. The molecule has 1 aliphatic rings. The lowest BCUT2D eigenvalue weighted by Gasteiger charge is -2.39. The SMILES string of the molecule is CC(C)[C@H]1CNCCN1c1nc(N)nc2scnc12. The number of hydrogen-bond donors (Lipinski definition) is 2. The molecule has 0 saturated carbocycles. The molecular weight excluding hydrogens is 260 g/mol. The van der Waals surface area contributed by atoms with Gasteiger partial charge in [-0.15, -0.1) is 11.3 Å². The molecule has 1 fully saturated rings.